The highest BCUT2D eigenvalue weighted by Gasteiger charge is 2.25. The number of pyridine rings is 1. The van der Waals surface area contributed by atoms with Gasteiger partial charge >= 0.3 is 5.97 Å². The zero-order valence-corrected chi connectivity index (χ0v) is 18.3. The van der Waals surface area contributed by atoms with Crippen LogP contribution in [0.1, 0.15) is 17.4 Å². The molecule has 0 aliphatic carbocycles. The van der Waals surface area contributed by atoms with Gasteiger partial charge in [-0.05, 0) is 43.3 Å². The second kappa shape index (κ2) is 9.87. The van der Waals surface area contributed by atoms with E-state index in [0.29, 0.717) is 17.2 Å². The summed E-state index contributed by atoms with van der Waals surface area (Å²) in [6, 6.07) is 16.0. The quantitative estimate of drug-likeness (QED) is 0.351. The SMILES string of the molecule is CC(OC(=O)c1nc(Cl)c(Cl)c(N)c1Cl)C(=O)Nc1ccc(Oc2ccccc2)cc1. The number of aromatic nitrogens is 1. The predicted molar refractivity (Wildman–Crippen MR) is 120 cm³/mol. The number of anilines is 2. The summed E-state index contributed by atoms with van der Waals surface area (Å²) in [7, 11) is 0. The van der Waals surface area contributed by atoms with Crippen LogP contribution < -0.4 is 15.8 Å². The lowest BCUT2D eigenvalue weighted by molar-refractivity contribution is -0.123. The van der Waals surface area contributed by atoms with E-state index in [0.717, 1.165) is 0 Å². The number of ether oxygens (including phenoxy) is 2. The van der Waals surface area contributed by atoms with Gasteiger partial charge < -0.3 is 20.5 Å². The number of halogens is 3. The van der Waals surface area contributed by atoms with Crippen LogP contribution in [0, 0.1) is 0 Å². The van der Waals surface area contributed by atoms with Gasteiger partial charge in [0.15, 0.2) is 17.0 Å². The minimum atomic E-state index is -1.15. The lowest BCUT2D eigenvalue weighted by Crippen LogP contribution is -2.30. The van der Waals surface area contributed by atoms with Crippen LogP contribution in [0.4, 0.5) is 11.4 Å². The van der Waals surface area contributed by atoms with Crippen molar-refractivity contribution in [2.45, 2.75) is 13.0 Å². The highest BCUT2D eigenvalue weighted by atomic mass is 35.5. The Morgan fingerprint density at radius 2 is 1.58 bits per heavy atom. The van der Waals surface area contributed by atoms with Crippen molar-refractivity contribution in [2.75, 3.05) is 11.1 Å². The number of nitrogens with zero attached hydrogens (tertiary/aromatic N) is 1. The number of carbonyl (C=O) groups excluding carboxylic acids is 2. The molecule has 0 saturated carbocycles. The summed E-state index contributed by atoms with van der Waals surface area (Å²) in [6.45, 7) is 1.40. The molecule has 2 aromatic carbocycles. The Bertz CT molecular complexity index is 1110. The first-order valence-electron chi connectivity index (χ1n) is 8.91. The van der Waals surface area contributed by atoms with Gasteiger partial charge in [0.25, 0.3) is 5.91 Å². The number of hydrogen-bond acceptors (Lipinski definition) is 6. The number of nitrogens with one attached hydrogen (secondary N) is 1. The molecular weight excluding hydrogens is 465 g/mol. The van der Waals surface area contributed by atoms with Gasteiger partial charge in [0.05, 0.1) is 10.7 Å². The van der Waals surface area contributed by atoms with E-state index in [4.69, 9.17) is 50.0 Å². The van der Waals surface area contributed by atoms with Crippen molar-refractivity contribution < 1.29 is 19.1 Å². The third-order valence-electron chi connectivity index (χ3n) is 4.02. The summed E-state index contributed by atoms with van der Waals surface area (Å²) in [6.07, 6.45) is -1.15. The highest BCUT2D eigenvalue weighted by molar-refractivity contribution is 6.46. The van der Waals surface area contributed by atoms with Gasteiger partial charge in [0, 0.05) is 5.69 Å². The molecule has 160 valence electrons. The van der Waals surface area contributed by atoms with E-state index in [2.05, 4.69) is 10.3 Å². The van der Waals surface area contributed by atoms with Crippen LogP contribution in [0.3, 0.4) is 0 Å². The molecule has 10 heteroatoms. The Balaban J connectivity index is 1.61. The number of nitrogen functional groups attached to an aromatic ring is 1. The average Bonchev–Trinajstić information content (AvgIpc) is 2.76. The van der Waals surface area contributed by atoms with Crippen LogP contribution in [0.15, 0.2) is 54.6 Å². The highest BCUT2D eigenvalue weighted by Crippen LogP contribution is 2.34. The number of carbonyl (C=O) groups is 2. The Morgan fingerprint density at radius 3 is 2.23 bits per heavy atom. The molecule has 3 rings (SSSR count). The normalized spacial score (nSPS) is 11.5. The number of hydrogen-bond donors (Lipinski definition) is 2. The molecule has 3 N–H and O–H groups in total. The van der Waals surface area contributed by atoms with Gasteiger partial charge in [-0.1, -0.05) is 53.0 Å². The zero-order valence-electron chi connectivity index (χ0n) is 16.1. The number of benzene rings is 2. The molecule has 0 saturated heterocycles. The fourth-order valence-corrected chi connectivity index (χ4v) is 3.00. The second-order valence-electron chi connectivity index (χ2n) is 6.27. The van der Waals surface area contributed by atoms with E-state index in [1.807, 2.05) is 30.3 Å². The Morgan fingerprint density at radius 1 is 0.968 bits per heavy atom. The monoisotopic (exact) mass is 479 g/mol. The van der Waals surface area contributed by atoms with E-state index in [-0.39, 0.29) is 26.6 Å². The molecule has 7 nitrogen and oxygen atoms in total. The molecule has 3 aromatic rings. The van der Waals surface area contributed by atoms with Crippen molar-refractivity contribution >= 4 is 58.1 Å². The molecule has 0 fully saturated rings. The molecule has 1 atom stereocenters. The topological polar surface area (TPSA) is 104 Å². The van der Waals surface area contributed by atoms with E-state index in [1.165, 1.54) is 6.92 Å². The Hall–Kier alpha value is -3.00. The van der Waals surface area contributed by atoms with Gasteiger partial charge in [-0.15, -0.1) is 0 Å². The molecule has 1 unspecified atom stereocenters. The van der Waals surface area contributed by atoms with Gasteiger partial charge in [0.1, 0.15) is 16.5 Å². The van der Waals surface area contributed by atoms with Gasteiger partial charge in [-0.3, -0.25) is 4.79 Å². The number of rotatable bonds is 6. The molecule has 1 amide bonds. The van der Waals surface area contributed by atoms with E-state index in [1.54, 1.807) is 24.3 Å². The van der Waals surface area contributed by atoms with Crippen LogP contribution in [0.25, 0.3) is 0 Å². The van der Waals surface area contributed by atoms with Gasteiger partial charge in [-0.2, -0.15) is 0 Å². The summed E-state index contributed by atoms with van der Waals surface area (Å²) in [4.78, 5) is 28.5. The lowest BCUT2D eigenvalue weighted by Gasteiger charge is -2.15. The molecule has 0 spiro atoms. The summed E-state index contributed by atoms with van der Waals surface area (Å²) < 4.78 is 10.8. The number of para-hydroxylation sites is 1. The second-order valence-corrected chi connectivity index (χ2v) is 7.38. The average molecular weight is 481 g/mol. The van der Waals surface area contributed by atoms with Crippen molar-refractivity contribution in [3.63, 3.8) is 0 Å². The van der Waals surface area contributed by atoms with Crippen LogP contribution in [-0.4, -0.2) is 23.0 Å². The smallest absolute Gasteiger partial charge is 0.359 e. The fourth-order valence-electron chi connectivity index (χ4n) is 2.41. The molecule has 0 aliphatic rings. The standard InChI is InChI=1S/C21H16Cl3N3O4/c1-11(30-21(29)18-15(22)17(25)16(23)19(24)27-18)20(28)26-12-7-9-14(10-8-12)31-13-5-3-2-4-6-13/h2-11H,1H3,(H2,25,27)(H,26,28). The van der Waals surface area contributed by atoms with Crippen LogP contribution in [0.2, 0.25) is 15.2 Å². The Labute approximate surface area is 193 Å². The third-order valence-corrected chi connectivity index (χ3v) is 5.15. The molecule has 0 radical (unpaired) electrons. The molecule has 1 aromatic heterocycles. The lowest BCUT2D eigenvalue weighted by atomic mass is 10.2. The van der Waals surface area contributed by atoms with E-state index in [9.17, 15) is 9.59 Å². The number of nitrogens with two attached hydrogens (primary N) is 1. The van der Waals surface area contributed by atoms with Crippen molar-refractivity contribution in [1.29, 1.82) is 0 Å². The molecular formula is C21H16Cl3N3O4. The minimum absolute atomic E-state index is 0.0753. The first-order valence-corrected chi connectivity index (χ1v) is 10.0. The molecule has 31 heavy (non-hydrogen) atoms. The predicted octanol–water partition coefficient (Wildman–Crippen LogP) is 5.60. The van der Waals surface area contributed by atoms with Crippen molar-refractivity contribution in [3.05, 3.63) is 75.5 Å². The van der Waals surface area contributed by atoms with Gasteiger partial charge in [-0.25, -0.2) is 9.78 Å². The first kappa shape index (κ1) is 22.7. The summed E-state index contributed by atoms with van der Waals surface area (Å²) in [5, 5.41) is 2.15. The third kappa shape index (κ3) is 5.58. The maximum atomic E-state index is 12.4. The minimum Gasteiger partial charge on any atom is -0.457 e. The summed E-state index contributed by atoms with van der Waals surface area (Å²) >= 11 is 17.6. The van der Waals surface area contributed by atoms with Crippen molar-refractivity contribution in [2.24, 2.45) is 0 Å². The number of amides is 1. The maximum absolute atomic E-state index is 12.4. The van der Waals surface area contributed by atoms with Crippen LogP contribution in [0.5, 0.6) is 11.5 Å². The van der Waals surface area contributed by atoms with Crippen LogP contribution >= 0.6 is 34.8 Å². The maximum Gasteiger partial charge on any atom is 0.359 e. The van der Waals surface area contributed by atoms with Gasteiger partial charge in [0.2, 0.25) is 0 Å². The largest absolute Gasteiger partial charge is 0.457 e. The van der Waals surface area contributed by atoms with E-state index < -0.39 is 18.0 Å². The molecule has 0 bridgehead atoms. The summed E-state index contributed by atoms with van der Waals surface area (Å²) in [5.74, 6) is -0.240. The van der Waals surface area contributed by atoms with E-state index >= 15 is 0 Å². The Kier molecular flexibility index (Phi) is 7.22. The fraction of sp³-hybridized carbons (Fsp3) is 0.0952. The zero-order chi connectivity index (χ0) is 22.5. The van der Waals surface area contributed by atoms with Crippen LogP contribution in [-0.2, 0) is 9.53 Å². The summed E-state index contributed by atoms with van der Waals surface area (Å²) in [5.41, 5.74) is 5.73. The molecule has 0 aliphatic heterocycles. The molecule has 1 heterocycles. The number of esters is 1. The first-order chi connectivity index (χ1) is 14.8. The van der Waals surface area contributed by atoms with Crippen molar-refractivity contribution in [3.8, 4) is 11.5 Å². The van der Waals surface area contributed by atoms with Crippen molar-refractivity contribution in [1.82, 2.24) is 4.98 Å².